The molecule has 2 aromatic carbocycles. The molecule has 0 radical (unpaired) electrons. The third-order valence-corrected chi connectivity index (χ3v) is 7.00. The van der Waals surface area contributed by atoms with Gasteiger partial charge in [0.25, 0.3) is 0 Å². The summed E-state index contributed by atoms with van der Waals surface area (Å²) in [6, 6.07) is 11.6. The smallest absolute Gasteiger partial charge is 0.242 e. The lowest BCUT2D eigenvalue weighted by atomic mass is 9.90. The first kappa shape index (κ1) is 26.8. The number of aromatic nitrogens is 1. The van der Waals surface area contributed by atoms with E-state index in [1.807, 2.05) is 86.3 Å². The molecule has 1 aliphatic heterocycles. The first-order chi connectivity index (χ1) is 18.4. The molecule has 2 heterocycles. The Morgan fingerprint density at radius 3 is 2.68 bits per heavy atom. The van der Waals surface area contributed by atoms with E-state index in [0.29, 0.717) is 17.3 Å². The second kappa shape index (κ2) is 11.9. The lowest BCUT2D eigenvalue weighted by Crippen LogP contribution is -2.25. The lowest BCUT2D eigenvalue weighted by Gasteiger charge is -2.17. The van der Waals surface area contributed by atoms with Gasteiger partial charge in [0.15, 0.2) is 11.5 Å². The van der Waals surface area contributed by atoms with Gasteiger partial charge in [-0.2, -0.15) is 5.10 Å². The van der Waals surface area contributed by atoms with Gasteiger partial charge in [0.1, 0.15) is 5.84 Å². The monoisotopic (exact) mass is 529 g/mol. The number of aliphatic imine (C=N–C) groups is 1. The van der Waals surface area contributed by atoms with Crippen molar-refractivity contribution in [1.29, 1.82) is 0 Å². The maximum Gasteiger partial charge on any atom is 0.242 e. The van der Waals surface area contributed by atoms with Crippen molar-refractivity contribution in [2.75, 3.05) is 13.8 Å². The zero-order chi connectivity index (χ0) is 27.2. The van der Waals surface area contributed by atoms with Gasteiger partial charge in [-0.25, -0.2) is 0 Å². The fraction of sp³-hybridized carbons (Fsp3) is 0.207. The molecular weight excluding hydrogens is 498 g/mol. The summed E-state index contributed by atoms with van der Waals surface area (Å²) >= 11 is 1.27. The number of aryl methyl sites for hydroxylation is 1. The maximum absolute atomic E-state index is 13.8. The summed E-state index contributed by atoms with van der Waals surface area (Å²) < 4.78 is 16.2. The summed E-state index contributed by atoms with van der Waals surface area (Å²) in [5, 5.41) is 4.70. The van der Waals surface area contributed by atoms with Crippen LogP contribution < -0.4 is 19.6 Å². The van der Waals surface area contributed by atoms with E-state index in [9.17, 15) is 4.79 Å². The molecule has 3 aromatic rings. The van der Waals surface area contributed by atoms with Gasteiger partial charge in [0.05, 0.1) is 5.92 Å². The van der Waals surface area contributed by atoms with Gasteiger partial charge in [-0.05, 0) is 61.2 Å². The fourth-order valence-corrected chi connectivity index (χ4v) is 4.85. The van der Waals surface area contributed by atoms with Crippen LogP contribution in [0.2, 0.25) is 0 Å². The van der Waals surface area contributed by atoms with E-state index >= 15 is 0 Å². The number of allylic oxidation sites excluding steroid dienone is 4. The van der Waals surface area contributed by atoms with Gasteiger partial charge in [-0.3, -0.25) is 19.9 Å². The molecule has 4 rings (SSSR count). The zero-order valence-corrected chi connectivity index (χ0v) is 22.8. The lowest BCUT2D eigenvalue weighted by molar-refractivity contribution is -0.119. The normalized spacial score (nSPS) is 14.1. The Kier molecular flexibility index (Phi) is 8.38. The number of nitrogens with one attached hydrogen (secondary N) is 2. The molecule has 0 saturated heterocycles. The highest BCUT2D eigenvalue weighted by molar-refractivity contribution is 8.01. The van der Waals surface area contributed by atoms with E-state index in [2.05, 4.69) is 33.5 Å². The van der Waals surface area contributed by atoms with Gasteiger partial charge in [-0.1, -0.05) is 42.5 Å². The molecular formula is C29H31N5O3S. The number of benzene rings is 2. The van der Waals surface area contributed by atoms with Crippen molar-refractivity contribution in [3.8, 4) is 11.5 Å². The van der Waals surface area contributed by atoms with Crippen LogP contribution in [0.3, 0.4) is 0 Å². The van der Waals surface area contributed by atoms with E-state index in [1.54, 1.807) is 7.05 Å². The minimum atomic E-state index is -0.595. The number of hydrazone groups is 1. The Balaban J connectivity index is 1.76. The van der Waals surface area contributed by atoms with Crippen LogP contribution in [-0.4, -0.2) is 36.9 Å². The van der Waals surface area contributed by atoms with Crippen molar-refractivity contribution in [3.05, 3.63) is 94.6 Å². The number of rotatable bonds is 9. The van der Waals surface area contributed by atoms with Crippen LogP contribution in [0.1, 0.15) is 36.5 Å². The molecule has 0 aliphatic carbocycles. The van der Waals surface area contributed by atoms with Crippen LogP contribution in [0.15, 0.2) is 88.0 Å². The number of carbonyl (C=O) groups excluding carboxylic acids is 1. The molecule has 9 heteroatoms. The first-order valence-corrected chi connectivity index (χ1v) is 12.8. The van der Waals surface area contributed by atoms with Crippen molar-refractivity contribution in [2.24, 2.45) is 17.1 Å². The molecule has 1 aromatic heterocycles. The number of carbonyl (C=O) groups is 1. The van der Waals surface area contributed by atoms with Gasteiger partial charge in [-0.15, -0.1) is 0 Å². The van der Waals surface area contributed by atoms with Crippen molar-refractivity contribution in [1.82, 2.24) is 14.7 Å². The summed E-state index contributed by atoms with van der Waals surface area (Å²) in [6.07, 6.45) is 7.78. The van der Waals surface area contributed by atoms with Crippen molar-refractivity contribution in [3.63, 3.8) is 0 Å². The third-order valence-electron chi connectivity index (χ3n) is 6.09. The number of hydrogen-bond acceptors (Lipinski definition) is 6. The van der Waals surface area contributed by atoms with Crippen LogP contribution >= 0.6 is 11.9 Å². The van der Waals surface area contributed by atoms with E-state index < -0.39 is 5.92 Å². The van der Waals surface area contributed by atoms with Gasteiger partial charge >= 0.3 is 0 Å². The zero-order valence-electron chi connectivity index (χ0n) is 21.9. The second-order valence-electron chi connectivity index (χ2n) is 8.75. The average Bonchev–Trinajstić information content (AvgIpc) is 3.51. The standard InChI is InChI=1S/C29H31N5O3S/c1-7-21(11-8-18(2)3)38-33-29(35)27(19-10-13-25-26(15-19)37-17-36-25)23-16-34(6)24-14-20(9-12-22(23)24)28(30-4)32-31-5/h7-16,27H,2,5,17H2,1,3-4,6H3,(H,30,32)(H,33,35)/b11-8-,21-7+. The third kappa shape index (κ3) is 5.68. The Morgan fingerprint density at radius 2 is 1.97 bits per heavy atom. The number of ether oxygens (including phenoxy) is 2. The Hall–Kier alpha value is -4.24. The van der Waals surface area contributed by atoms with Crippen molar-refractivity contribution < 1.29 is 14.3 Å². The van der Waals surface area contributed by atoms with Crippen LogP contribution in [0.5, 0.6) is 11.5 Å². The average molecular weight is 530 g/mol. The number of nitrogens with zero attached hydrogens (tertiary/aromatic N) is 3. The van der Waals surface area contributed by atoms with Crippen LogP contribution in [0.25, 0.3) is 10.9 Å². The van der Waals surface area contributed by atoms with Crippen molar-refractivity contribution >= 4 is 41.3 Å². The molecule has 1 atom stereocenters. The molecule has 8 nitrogen and oxygen atoms in total. The first-order valence-electron chi connectivity index (χ1n) is 12.0. The molecule has 1 amide bonds. The Morgan fingerprint density at radius 1 is 1.18 bits per heavy atom. The molecule has 0 bridgehead atoms. The minimum Gasteiger partial charge on any atom is -0.454 e. The number of hydrogen-bond donors (Lipinski definition) is 2. The Labute approximate surface area is 226 Å². The summed E-state index contributed by atoms with van der Waals surface area (Å²) in [4.78, 5) is 19.0. The summed E-state index contributed by atoms with van der Waals surface area (Å²) in [7, 11) is 3.65. The molecule has 2 N–H and O–H groups in total. The molecule has 1 aliphatic rings. The van der Waals surface area contributed by atoms with Crippen LogP contribution in [-0.2, 0) is 11.8 Å². The summed E-state index contributed by atoms with van der Waals surface area (Å²) in [5.41, 5.74) is 7.25. The van der Waals surface area contributed by atoms with E-state index in [-0.39, 0.29) is 12.7 Å². The minimum absolute atomic E-state index is 0.151. The highest BCUT2D eigenvalue weighted by atomic mass is 32.2. The fourth-order valence-electron chi connectivity index (χ4n) is 4.26. The second-order valence-corrected chi connectivity index (χ2v) is 9.63. The van der Waals surface area contributed by atoms with E-state index in [4.69, 9.17) is 9.47 Å². The SMILES string of the molecule is C=NNC(=NC)c1ccc2c(C(C(=O)NSC(/C=C\C(=C)C)=C/C)c3ccc4c(c3)OCO4)cn(C)c2c1. The molecule has 0 saturated carbocycles. The van der Waals surface area contributed by atoms with Gasteiger partial charge in [0, 0.05) is 48.4 Å². The predicted molar refractivity (Wildman–Crippen MR) is 156 cm³/mol. The predicted octanol–water partition coefficient (Wildman–Crippen LogP) is 5.42. The highest BCUT2D eigenvalue weighted by Gasteiger charge is 2.29. The number of fused-ring (bicyclic) bond motifs is 2. The topological polar surface area (TPSA) is 89.2 Å². The summed E-state index contributed by atoms with van der Waals surface area (Å²) in [5.74, 6) is 1.15. The van der Waals surface area contributed by atoms with Gasteiger partial charge in [0.2, 0.25) is 12.7 Å². The van der Waals surface area contributed by atoms with Gasteiger partial charge < -0.3 is 14.0 Å². The van der Waals surface area contributed by atoms with E-state index in [0.717, 1.165) is 38.1 Å². The number of amidine groups is 1. The molecule has 0 spiro atoms. The van der Waals surface area contributed by atoms with Crippen LogP contribution in [0.4, 0.5) is 0 Å². The Bertz CT molecular complexity index is 1480. The number of amides is 1. The molecule has 1 unspecified atom stereocenters. The quantitative estimate of drug-likeness (QED) is 0.127. The maximum atomic E-state index is 13.8. The molecule has 0 fully saturated rings. The van der Waals surface area contributed by atoms with Crippen molar-refractivity contribution in [2.45, 2.75) is 19.8 Å². The van der Waals surface area contributed by atoms with Crippen LogP contribution in [0, 0.1) is 0 Å². The molecule has 196 valence electrons. The largest absolute Gasteiger partial charge is 0.454 e. The van der Waals surface area contributed by atoms with E-state index in [1.165, 1.54) is 11.9 Å². The summed E-state index contributed by atoms with van der Waals surface area (Å²) in [6.45, 7) is 11.4. The molecule has 38 heavy (non-hydrogen) atoms. The highest BCUT2D eigenvalue weighted by Crippen LogP contribution is 2.39.